The minimum Gasteiger partial charge on any atom is -0.497 e. The minimum absolute atomic E-state index is 0.502. The predicted molar refractivity (Wildman–Crippen MR) is 99.8 cm³/mol. The molecule has 0 fully saturated rings. The fraction of sp³-hybridized carbons (Fsp3) is 0.400. The van der Waals surface area contributed by atoms with E-state index in [2.05, 4.69) is 23.5 Å². The number of hydrogen-bond acceptors (Lipinski definition) is 4. The van der Waals surface area contributed by atoms with Gasteiger partial charge in [0.25, 0.3) is 0 Å². The number of benzene rings is 1. The van der Waals surface area contributed by atoms with E-state index in [1.165, 1.54) is 0 Å². The predicted octanol–water partition coefficient (Wildman–Crippen LogP) is 4.34. The molecule has 0 aliphatic carbocycles. The van der Waals surface area contributed by atoms with Crippen molar-refractivity contribution >= 4 is 16.6 Å². The first-order valence-electron chi connectivity index (χ1n) is 8.31. The summed E-state index contributed by atoms with van der Waals surface area (Å²) in [6.07, 6.45) is 4.99. The lowest BCUT2D eigenvalue weighted by atomic mass is 10.0. The van der Waals surface area contributed by atoms with E-state index in [9.17, 15) is 5.11 Å². The van der Waals surface area contributed by atoms with Gasteiger partial charge in [-0.3, -0.25) is 9.98 Å². The van der Waals surface area contributed by atoms with Crippen LogP contribution in [0.1, 0.15) is 38.4 Å². The number of allylic oxidation sites excluding steroid dienone is 1. The summed E-state index contributed by atoms with van der Waals surface area (Å²) in [7, 11) is 1.63. The lowest BCUT2D eigenvalue weighted by Gasteiger charge is -2.14. The first-order valence-corrected chi connectivity index (χ1v) is 8.31. The standard InChI is InChI=1S/C20H26N2O2/c1-5-14(2)7-6-11-21-15(3)20(23)17-10-12-22-19-9-8-16(24-4)13-18(17)19/h5,8-10,12-14,20,23H,1,6-7,11H2,2-4H3/b21-15+/t14-,20+/m0/s1. The van der Waals surface area contributed by atoms with E-state index in [0.717, 1.165) is 40.8 Å². The average molecular weight is 326 g/mol. The van der Waals surface area contributed by atoms with Gasteiger partial charge < -0.3 is 9.84 Å². The zero-order chi connectivity index (χ0) is 17.5. The number of rotatable bonds is 8. The molecule has 0 aliphatic heterocycles. The molecule has 2 rings (SSSR count). The van der Waals surface area contributed by atoms with E-state index in [1.54, 1.807) is 13.3 Å². The van der Waals surface area contributed by atoms with Crippen LogP contribution in [0, 0.1) is 5.92 Å². The number of aliphatic imine (C=N–C) groups is 1. The van der Waals surface area contributed by atoms with Crippen LogP contribution >= 0.6 is 0 Å². The summed E-state index contributed by atoms with van der Waals surface area (Å²) in [5.74, 6) is 1.25. The lowest BCUT2D eigenvalue weighted by molar-refractivity contribution is 0.248. The second kappa shape index (κ2) is 8.60. The number of ether oxygens (including phenoxy) is 1. The molecule has 0 amide bonds. The highest BCUT2D eigenvalue weighted by atomic mass is 16.5. The Morgan fingerprint density at radius 1 is 1.42 bits per heavy atom. The number of aliphatic hydroxyl groups is 1. The van der Waals surface area contributed by atoms with Crippen molar-refractivity contribution in [1.82, 2.24) is 4.98 Å². The van der Waals surface area contributed by atoms with Crippen molar-refractivity contribution in [2.75, 3.05) is 13.7 Å². The Bertz CT molecular complexity index is 725. The Labute approximate surface area is 143 Å². The zero-order valence-corrected chi connectivity index (χ0v) is 14.7. The van der Waals surface area contributed by atoms with Crippen molar-refractivity contribution in [2.45, 2.75) is 32.8 Å². The quantitative estimate of drug-likeness (QED) is 0.446. The smallest absolute Gasteiger partial charge is 0.119 e. The molecule has 0 saturated heterocycles. The normalized spacial score (nSPS) is 14.4. The lowest BCUT2D eigenvalue weighted by Crippen LogP contribution is -2.10. The van der Waals surface area contributed by atoms with Gasteiger partial charge in [0.15, 0.2) is 0 Å². The molecule has 0 spiro atoms. The van der Waals surface area contributed by atoms with Crippen LogP contribution in [0.5, 0.6) is 5.75 Å². The van der Waals surface area contributed by atoms with Gasteiger partial charge in [0.05, 0.1) is 12.6 Å². The molecule has 0 saturated carbocycles. The van der Waals surface area contributed by atoms with E-state index in [4.69, 9.17) is 4.74 Å². The fourth-order valence-corrected chi connectivity index (χ4v) is 2.61. The van der Waals surface area contributed by atoms with Crippen molar-refractivity contribution in [2.24, 2.45) is 10.9 Å². The summed E-state index contributed by atoms with van der Waals surface area (Å²) in [6.45, 7) is 8.53. The Hall–Kier alpha value is -2.20. The molecule has 2 aromatic rings. The molecule has 2 atom stereocenters. The maximum atomic E-state index is 10.7. The number of aromatic nitrogens is 1. The van der Waals surface area contributed by atoms with Gasteiger partial charge in [0.1, 0.15) is 11.9 Å². The molecule has 0 unspecified atom stereocenters. The molecule has 0 radical (unpaired) electrons. The minimum atomic E-state index is -0.737. The Morgan fingerprint density at radius 3 is 2.92 bits per heavy atom. The maximum absolute atomic E-state index is 10.7. The average Bonchev–Trinajstić information content (AvgIpc) is 2.63. The molecule has 128 valence electrons. The van der Waals surface area contributed by atoms with E-state index in [-0.39, 0.29) is 0 Å². The van der Waals surface area contributed by atoms with E-state index in [1.807, 2.05) is 37.3 Å². The molecular weight excluding hydrogens is 300 g/mol. The number of methoxy groups -OCH3 is 1. The highest BCUT2D eigenvalue weighted by molar-refractivity contribution is 5.93. The third-order valence-corrected chi connectivity index (χ3v) is 4.25. The summed E-state index contributed by atoms with van der Waals surface area (Å²) in [5, 5.41) is 11.6. The third-order valence-electron chi connectivity index (χ3n) is 4.25. The van der Waals surface area contributed by atoms with Gasteiger partial charge in [-0.15, -0.1) is 6.58 Å². The highest BCUT2D eigenvalue weighted by Crippen LogP contribution is 2.27. The van der Waals surface area contributed by atoms with Gasteiger partial charge in [0.2, 0.25) is 0 Å². The molecule has 24 heavy (non-hydrogen) atoms. The zero-order valence-electron chi connectivity index (χ0n) is 14.7. The molecular formula is C20H26N2O2. The summed E-state index contributed by atoms with van der Waals surface area (Å²) >= 11 is 0. The number of fused-ring (bicyclic) bond motifs is 1. The van der Waals surface area contributed by atoms with E-state index < -0.39 is 6.10 Å². The van der Waals surface area contributed by atoms with Crippen molar-refractivity contribution in [3.8, 4) is 5.75 Å². The Balaban J connectivity index is 2.17. The highest BCUT2D eigenvalue weighted by Gasteiger charge is 2.15. The summed E-state index contributed by atoms with van der Waals surface area (Å²) in [6, 6.07) is 7.51. The third kappa shape index (κ3) is 4.42. The second-order valence-electron chi connectivity index (χ2n) is 6.06. The van der Waals surface area contributed by atoms with Crippen molar-refractivity contribution in [3.05, 3.63) is 48.7 Å². The van der Waals surface area contributed by atoms with Crippen LogP contribution in [-0.2, 0) is 0 Å². The van der Waals surface area contributed by atoms with Crippen LogP contribution in [0.2, 0.25) is 0 Å². The molecule has 1 heterocycles. The van der Waals surface area contributed by atoms with Gasteiger partial charge >= 0.3 is 0 Å². The van der Waals surface area contributed by atoms with Crippen molar-refractivity contribution < 1.29 is 9.84 Å². The van der Waals surface area contributed by atoms with Gasteiger partial charge in [-0.1, -0.05) is 13.0 Å². The largest absolute Gasteiger partial charge is 0.497 e. The number of nitrogens with zero attached hydrogens (tertiary/aromatic N) is 2. The fourth-order valence-electron chi connectivity index (χ4n) is 2.61. The maximum Gasteiger partial charge on any atom is 0.119 e. The van der Waals surface area contributed by atoms with Crippen LogP contribution in [0.25, 0.3) is 10.9 Å². The van der Waals surface area contributed by atoms with Crippen LogP contribution in [0.3, 0.4) is 0 Å². The Morgan fingerprint density at radius 2 is 2.21 bits per heavy atom. The summed E-state index contributed by atoms with van der Waals surface area (Å²) in [4.78, 5) is 8.88. The molecule has 4 heteroatoms. The van der Waals surface area contributed by atoms with Gasteiger partial charge in [-0.25, -0.2) is 0 Å². The van der Waals surface area contributed by atoms with Gasteiger partial charge in [0, 0.05) is 23.8 Å². The first kappa shape index (κ1) is 18.1. The molecule has 1 N–H and O–H groups in total. The summed E-state index contributed by atoms with van der Waals surface area (Å²) < 4.78 is 5.28. The van der Waals surface area contributed by atoms with Crippen molar-refractivity contribution in [1.29, 1.82) is 0 Å². The van der Waals surface area contributed by atoms with Crippen molar-refractivity contribution in [3.63, 3.8) is 0 Å². The van der Waals surface area contributed by atoms with Crippen LogP contribution in [0.15, 0.2) is 48.1 Å². The first-order chi connectivity index (χ1) is 11.6. The van der Waals surface area contributed by atoms with E-state index >= 15 is 0 Å². The molecule has 1 aromatic heterocycles. The Kier molecular flexibility index (Phi) is 6.50. The number of hydrogen-bond donors (Lipinski definition) is 1. The topological polar surface area (TPSA) is 54.7 Å². The van der Waals surface area contributed by atoms with Crippen LogP contribution < -0.4 is 4.74 Å². The molecule has 1 aromatic carbocycles. The van der Waals surface area contributed by atoms with Crippen LogP contribution in [-0.4, -0.2) is 29.5 Å². The second-order valence-corrected chi connectivity index (χ2v) is 6.06. The van der Waals surface area contributed by atoms with E-state index in [0.29, 0.717) is 12.5 Å². The summed E-state index contributed by atoms with van der Waals surface area (Å²) in [5.41, 5.74) is 2.36. The number of aliphatic hydroxyl groups excluding tert-OH is 1. The monoisotopic (exact) mass is 326 g/mol. The van der Waals surface area contributed by atoms with Gasteiger partial charge in [-0.2, -0.15) is 0 Å². The number of pyridine rings is 1. The molecule has 0 bridgehead atoms. The SMILES string of the molecule is C=C[C@H](C)CCC/N=C(\C)[C@@H](O)c1ccnc2ccc(OC)cc12. The van der Waals surface area contributed by atoms with Crippen LogP contribution in [0.4, 0.5) is 0 Å². The molecule has 4 nitrogen and oxygen atoms in total. The molecule has 0 aliphatic rings. The van der Waals surface area contributed by atoms with Gasteiger partial charge in [-0.05, 0) is 55.5 Å².